The number of carbonyl (C=O) groups is 1. The zero-order valence-corrected chi connectivity index (χ0v) is 20.2. The minimum atomic E-state index is -0.0366. The molecular formula is C28H35N3O3. The van der Waals surface area contributed by atoms with Crippen molar-refractivity contribution in [2.45, 2.75) is 51.8 Å². The smallest absolute Gasteiger partial charge is 0.273 e. The maximum Gasteiger partial charge on any atom is 0.273 e. The van der Waals surface area contributed by atoms with Crippen LogP contribution in [0.4, 0.5) is 0 Å². The Labute approximate surface area is 202 Å². The number of carbonyl (C=O) groups excluding carboxylic acids is 1. The molecule has 0 aliphatic carbocycles. The van der Waals surface area contributed by atoms with E-state index in [1.165, 1.54) is 0 Å². The van der Waals surface area contributed by atoms with Crippen molar-refractivity contribution in [2.24, 2.45) is 0 Å². The van der Waals surface area contributed by atoms with Gasteiger partial charge in [0, 0.05) is 36.5 Å². The SMILES string of the molecule is CC(C)N(C(=O)c1cc(OCCCOCc2ccccc2)c2ccccc2n1)[C@@H]1CCCNC1. The van der Waals surface area contributed by atoms with Crippen molar-refractivity contribution < 1.29 is 14.3 Å². The predicted molar refractivity (Wildman–Crippen MR) is 135 cm³/mol. The van der Waals surface area contributed by atoms with Gasteiger partial charge in [-0.1, -0.05) is 42.5 Å². The maximum absolute atomic E-state index is 13.6. The number of benzene rings is 2. The molecule has 1 amide bonds. The molecule has 6 heteroatoms. The van der Waals surface area contributed by atoms with Gasteiger partial charge in [-0.25, -0.2) is 4.98 Å². The molecule has 6 nitrogen and oxygen atoms in total. The van der Waals surface area contributed by atoms with Gasteiger partial charge < -0.3 is 19.7 Å². The number of aromatic nitrogens is 1. The minimum Gasteiger partial charge on any atom is -0.493 e. The molecule has 0 bridgehead atoms. The van der Waals surface area contributed by atoms with Crippen LogP contribution in [0, 0.1) is 0 Å². The molecule has 1 saturated heterocycles. The fourth-order valence-corrected chi connectivity index (χ4v) is 4.50. The Morgan fingerprint density at radius 3 is 2.68 bits per heavy atom. The largest absolute Gasteiger partial charge is 0.493 e. The Bertz CT molecular complexity index is 1060. The summed E-state index contributed by atoms with van der Waals surface area (Å²) in [6, 6.07) is 20.1. The van der Waals surface area contributed by atoms with Crippen LogP contribution < -0.4 is 10.1 Å². The number of hydrogen-bond donors (Lipinski definition) is 1. The molecule has 0 radical (unpaired) electrons. The zero-order valence-electron chi connectivity index (χ0n) is 20.2. The Morgan fingerprint density at radius 2 is 1.91 bits per heavy atom. The Kier molecular flexibility index (Phi) is 8.50. The summed E-state index contributed by atoms with van der Waals surface area (Å²) in [7, 11) is 0. The number of pyridine rings is 1. The number of hydrogen-bond acceptors (Lipinski definition) is 5. The topological polar surface area (TPSA) is 63.7 Å². The van der Waals surface area contributed by atoms with E-state index in [1.54, 1.807) is 6.07 Å². The van der Waals surface area contributed by atoms with Gasteiger partial charge in [0.25, 0.3) is 5.91 Å². The van der Waals surface area contributed by atoms with E-state index >= 15 is 0 Å². The highest BCUT2D eigenvalue weighted by molar-refractivity contribution is 5.97. The maximum atomic E-state index is 13.6. The van der Waals surface area contributed by atoms with Crippen LogP contribution in [0.1, 0.15) is 49.2 Å². The molecule has 0 unspecified atom stereocenters. The van der Waals surface area contributed by atoms with Crippen molar-refractivity contribution in [3.63, 3.8) is 0 Å². The molecule has 1 aliphatic rings. The van der Waals surface area contributed by atoms with Gasteiger partial charge in [0.05, 0.1) is 25.3 Å². The summed E-state index contributed by atoms with van der Waals surface area (Å²) < 4.78 is 11.9. The molecule has 3 aromatic rings. The van der Waals surface area contributed by atoms with Gasteiger partial charge in [-0.15, -0.1) is 0 Å². The lowest BCUT2D eigenvalue weighted by molar-refractivity contribution is 0.0567. The summed E-state index contributed by atoms with van der Waals surface area (Å²) in [6.07, 6.45) is 2.85. The molecule has 1 aromatic heterocycles. The highest BCUT2D eigenvalue weighted by atomic mass is 16.5. The normalized spacial score (nSPS) is 16.0. The fraction of sp³-hybridized carbons (Fsp3) is 0.429. The van der Waals surface area contributed by atoms with Crippen LogP contribution in [0.5, 0.6) is 5.75 Å². The Morgan fingerprint density at radius 1 is 1.12 bits per heavy atom. The van der Waals surface area contributed by atoms with Gasteiger partial charge in [-0.3, -0.25) is 4.79 Å². The van der Waals surface area contributed by atoms with Gasteiger partial charge in [-0.2, -0.15) is 0 Å². The second-order valence-corrected chi connectivity index (χ2v) is 9.07. The molecular weight excluding hydrogens is 426 g/mol. The molecule has 1 atom stereocenters. The number of nitrogens with one attached hydrogen (secondary N) is 1. The average Bonchev–Trinajstić information content (AvgIpc) is 2.87. The number of fused-ring (bicyclic) bond motifs is 1. The first-order chi connectivity index (χ1) is 16.6. The predicted octanol–water partition coefficient (Wildman–Crippen LogP) is 4.82. The number of rotatable bonds is 10. The molecule has 34 heavy (non-hydrogen) atoms. The lowest BCUT2D eigenvalue weighted by Crippen LogP contribution is -2.51. The monoisotopic (exact) mass is 461 g/mol. The van der Waals surface area contributed by atoms with Gasteiger partial charge in [0.1, 0.15) is 11.4 Å². The standard InChI is InChI=1S/C28H35N3O3/c1-21(2)31(23-12-8-15-29-19-23)28(32)26-18-27(24-13-6-7-14-25(24)30-26)34-17-9-16-33-20-22-10-4-3-5-11-22/h3-7,10-11,13-14,18,21,23,29H,8-9,12,15-17,19-20H2,1-2H3/t23-/m1/s1. The second kappa shape index (κ2) is 12.0. The van der Waals surface area contributed by atoms with Crippen LogP contribution in [0.15, 0.2) is 60.7 Å². The zero-order chi connectivity index (χ0) is 23.8. The number of para-hydroxylation sites is 1. The summed E-state index contributed by atoms with van der Waals surface area (Å²) in [4.78, 5) is 20.3. The second-order valence-electron chi connectivity index (χ2n) is 9.07. The summed E-state index contributed by atoms with van der Waals surface area (Å²) in [5.74, 6) is 0.660. The van der Waals surface area contributed by atoms with E-state index in [9.17, 15) is 4.79 Å². The molecule has 1 N–H and O–H groups in total. The molecule has 2 aromatic carbocycles. The summed E-state index contributed by atoms with van der Waals surface area (Å²) >= 11 is 0. The van der Waals surface area contributed by atoms with E-state index < -0.39 is 0 Å². The summed E-state index contributed by atoms with van der Waals surface area (Å²) in [5, 5.41) is 4.34. The number of piperidine rings is 1. The summed E-state index contributed by atoms with van der Waals surface area (Å²) in [6.45, 7) is 7.69. The van der Waals surface area contributed by atoms with Crippen LogP contribution in [0.2, 0.25) is 0 Å². The first-order valence-electron chi connectivity index (χ1n) is 12.3. The molecule has 4 rings (SSSR count). The van der Waals surface area contributed by atoms with Crippen molar-refractivity contribution in [3.8, 4) is 5.75 Å². The van der Waals surface area contributed by atoms with Crippen molar-refractivity contribution in [1.82, 2.24) is 15.2 Å². The number of nitrogens with zero attached hydrogens (tertiary/aromatic N) is 2. The van der Waals surface area contributed by atoms with E-state index in [-0.39, 0.29) is 18.0 Å². The van der Waals surface area contributed by atoms with Crippen molar-refractivity contribution in [3.05, 3.63) is 71.9 Å². The molecule has 0 spiro atoms. The van der Waals surface area contributed by atoms with Gasteiger partial charge >= 0.3 is 0 Å². The third-order valence-corrected chi connectivity index (χ3v) is 6.15. The van der Waals surface area contributed by atoms with Gasteiger partial charge in [0.2, 0.25) is 0 Å². The van der Waals surface area contributed by atoms with Gasteiger partial charge in [0.15, 0.2) is 0 Å². The van der Waals surface area contributed by atoms with Crippen LogP contribution >= 0.6 is 0 Å². The van der Waals surface area contributed by atoms with E-state index in [0.29, 0.717) is 31.3 Å². The lowest BCUT2D eigenvalue weighted by Gasteiger charge is -2.37. The van der Waals surface area contributed by atoms with Crippen molar-refractivity contribution in [1.29, 1.82) is 0 Å². The quantitative estimate of drug-likeness (QED) is 0.439. The third kappa shape index (κ3) is 6.13. The summed E-state index contributed by atoms with van der Waals surface area (Å²) in [5.41, 5.74) is 2.37. The highest BCUT2D eigenvalue weighted by Gasteiger charge is 2.29. The third-order valence-electron chi connectivity index (χ3n) is 6.15. The highest BCUT2D eigenvalue weighted by Crippen LogP contribution is 2.27. The van der Waals surface area contributed by atoms with Crippen molar-refractivity contribution >= 4 is 16.8 Å². The molecule has 0 saturated carbocycles. The molecule has 1 aliphatic heterocycles. The van der Waals surface area contributed by atoms with Gasteiger partial charge in [-0.05, 0) is 50.9 Å². The van der Waals surface area contributed by atoms with Crippen LogP contribution in [0.3, 0.4) is 0 Å². The molecule has 180 valence electrons. The molecule has 2 heterocycles. The Balaban J connectivity index is 1.43. The fourth-order valence-electron chi connectivity index (χ4n) is 4.50. The minimum absolute atomic E-state index is 0.0366. The van der Waals surface area contributed by atoms with Crippen LogP contribution in [-0.2, 0) is 11.3 Å². The van der Waals surface area contributed by atoms with Crippen molar-refractivity contribution in [2.75, 3.05) is 26.3 Å². The average molecular weight is 462 g/mol. The van der Waals surface area contributed by atoms with E-state index in [1.807, 2.05) is 47.4 Å². The van der Waals surface area contributed by atoms with E-state index in [2.05, 4.69) is 31.3 Å². The number of amides is 1. The Hall–Kier alpha value is -2.96. The van der Waals surface area contributed by atoms with E-state index in [0.717, 1.165) is 48.8 Å². The first kappa shape index (κ1) is 24.2. The first-order valence-corrected chi connectivity index (χ1v) is 12.3. The lowest BCUT2D eigenvalue weighted by atomic mass is 10.0. The number of ether oxygens (including phenoxy) is 2. The molecule has 1 fully saturated rings. The van der Waals surface area contributed by atoms with Crippen LogP contribution in [0.25, 0.3) is 10.9 Å². The van der Waals surface area contributed by atoms with E-state index in [4.69, 9.17) is 14.5 Å². The van der Waals surface area contributed by atoms with Crippen LogP contribution in [-0.4, -0.2) is 54.2 Å².